The lowest BCUT2D eigenvalue weighted by atomic mass is 10.1. The Morgan fingerprint density at radius 1 is 1.28 bits per heavy atom. The van der Waals surface area contributed by atoms with Gasteiger partial charge in [0.1, 0.15) is 4.88 Å². The molecule has 1 N–H and O–H groups in total. The molecule has 1 atom stereocenters. The molecule has 0 radical (unpaired) electrons. The lowest BCUT2D eigenvalue weighted by Crippen LogP contribution is -2.41. The number of esters is 1. The number of ether oxygens (including phenoxy) is 1. The largest absolute Gasteiger partial charge is 0.451 e. The highest BCUT2D eigenvalue weighted by Gasteiger charge is 2.30. The summed E-state index contributed by atoms with van der Waals surface area (Å²) >= 11 is 1.44. The van der Waals surface area contributed by atoms with Gasteiger partial charge in [0.05, 0.1) is 11.4 Å². The maximum Gasteiger partial charge on any atom is 0.348 e. The Hall–Kier alpha value is -2.67. The molecule has 2 heterocycles. The number of hydrogen-bond acceptors (Lipinski definition) is 5. The second-order valence-electron chi connectivity index (χ2n) is 7.12. The second kappa shape index (κ2) is 9.22. The molecule has 0 saturated carbocycles. The van der Waals surface area contributed by atoms with Crippen molar-refractivity contribution in [1.82, 2.24) is 0 Å². The number of para-hydroxylation sites is 2. The number of carbonyl (C=O) groups is 3. The van der Waals surface area contributed by atoms with Gasteiger partial charge in [0.25, 0.3) is 5.91 Å². The minimum Gasteiger partial charge on any atom is -0.451 e. The Balaban J connectivity index is 1.73. The number of amides is 2. The zero-order valence-corrected chi connectivity index (χ0v) is 17.8. The van der Waals surface area contributed by atoms with Crippen LogP contribution in [-0.4, -0.2) is 30.4 Å². The number of nitrogens with zero attached hydrogens (tertiary/aromatic N) is 1. The molecule has 1 aliphatic heterocycles. The quantitative estimate of drug-likeness (QED) is 0.720. The van der Waals surface area contributed by atoms with Gasteiger partial charge in [-0.05, 0) is 43.5 Å². The molecule has 3 rings (SSSR count). The summed E-state index contributed by atoms with van der Waals surface area (Å²) in [5.41, 5.74) is 2.35. The first-order chi connectivity index (χ1) is 13.9. The summed E-state index contributed by atoms with van der Waals surface area (Å²) in [4.78, 5) is 40.7. The lowest BCUT2D eigenvalue weighted by molar-refractivity contribution is -0.122. The molecule has 29 heavy (non-hydrogen) atoms. The Labute approximate surface area is 174 Å². The van der Waals surface area contributed by atoms with Crippen molar-refractivity contribution >= 4 is 40.5 Å². The SMILES string of the molecule is CCCc1sc(C(=O)OCC(=O)N2c3ccccc3NC(=O)C[C@H]2C)cc1CC. The van der Waals surface area contributed by atoms with Crippen molar-refractivity contribution in [2.24, 2.45) is 0 Å². The normalized spacial score (nSPS) is 16.0. The summed E-state index contributed by atoms with van der Waals surface area (Å²) in [6, 6.07) is 8.67. The first-order valence-corrected chi connectivity index (χ1v) is 10.8. The van der Waals surface area contributed by atoms with Crippen LogP contribution in [0.15, 0.2) is 30.3 Å². The molecule has 0 fully saturated rings. The molecule has 0 aliphatic carbocycles. The van der Waals surface area contributed by atoms with Gasteiger partial charge in [0, 0.05) is 17.3 Å². The third-order valence-corrected chi connectivity index (χ3v) is 6.13. The summed E-state index contributed by atoms with van der Waals surface area (Å²) in [5, 5.41) is 2.82. The van der Waals surface area contributed by atoms with Gasteiger partial charge >= 0.3 is 5.97 Å². The number of nitrogens with one attached hydrogen (secondary N) is 1. The Morgan fingerprint density at radius 3 is 2.76 bits per heavy atom. The molecule has 2 aromatic rings. The van der Waals surface area contributed by atoms with Crippen molar-refractivity contribution < 1.29 is 19.1 Å². The van der Waals surface area contributed by atoms with Gasteiger partial charge in [-0.3, -0.25) is 9.59 Å². The standard InChI is InChI=1S/C22H26N2O4S/c1-4-8-18-15(5-2)12-19(29-18)22(27)28-13-21(26)24-14(3)11-20(25)23-16-9-6-7-10-17(16)24/h6-7,9-10,12,14H,4-5,8,11,13H2,1-3H3,(H,23,25)/t14-/m1/s1. The lowest BCUT2D eigenvalue weighted by Gasteiger charge is -2.27. The molecule has 0 spiro atoms. The predicted octanol–water partition coefficient (Wildman–Crippen LogP) is 4.18. The maximum absolute atomic E-state index is 12.9. The number of hydrogen-bond donors (Lipinski definition) is 1. The van der Waals surface area contributed by atoms with Crippen LogP contribution in [0, 0.1) is 0 Å². The fraction of sp³-hybridized carbons (Fsp3) is 0.409. The van der Waals surface area contributed by atoms with E-state index in [1.807, 2.05) is 19.1 Å². The number of aryl methyl sites for hydroxylation is 2. The molecular formula is C22H26N2O4S. The molecule has 6 nitrogen and oxygen atoms in total. The molecule has 1 aliphatic rings. The highest BCUT2D eigenvalue weighted by Crippen LogP contribution is 2.31. The van der Waals surface area contributed by atoms with Crippen LogP contribution in [0.25, 0.3) is 0 Å². The highest BCUT2D eigenvalue weighted by molar-refractivity contribution is 7.14. The van der Waals surface area contributed by atoms with Crippen molar-refractivity contribution in [3.8, 4) is 0 Å². The van der Waals surface area contributed by atoms with Crippen molar-refractivity contribution in [3.05, 3.63) is 45.6 Å². The van der Waals surface area contributed by atoms with Crippen molar-refractivity contribution in [3.63, 3.8) is 0 Å². The van der Waals surface area contributed by atoms with Gasteiger partial charge in [0.2, 0.25) is 5.91 Å². The van der Waals surface area contributed by atoms with E-state index >= 15 is 0 Å². The molecule has 1 aromatic carbocycles. The number of anilines is 2. The number of carbonyl (C=O) groups excluding carboxylic acids is 3. The van der Waals surface area contributed by atoms with E-state index in [4.69, 9.17) is 4.74 Å². The highest BCUT2D eigenvalue weighted by atomic mass is 32.1. The molecule has 0 bridgehead atoms. The minimum absolute atomic E-state index is 0.147. The molecule has 0 unspecified atom stereocenters. The van der Waals surface area contributed by atoms with Crippen molar-refractivity contribution in [1.29, 1.82) is 0 Å². The molecule has 7 heteroatoms. The van der Waals surface area contributed by atoms with Gasteiger partial charge in [-0.25, -0.2) is 4.79 Å². The van der Waals surface area contributed by atoms with E-state index in [-0.39, 0.29) is 30.9 Å². The fourth-order valence-corrected chi connectivity index (χ4v) is 4.79. The predicted molar refractivity (Wildman–Crippen MR) is 115 cm³/mol. The van der Waals surface area contributed by atoms with Crippen LogP contribution in [0.2, 0.25) is 0 Å². The first kappa shape index (κ1) is 21.0. The summed E-state index contributed by atoms with van der Waals surface area (Å²) in [6.45, 7) is 5.61. The van der Waals surface area contributed by atoms with E-state index in [1.165, 1.54) is 21.1 Å². The van der Waals surface area contributed by atoms with Gasteiger partial charge in [0.15, 0.2) is 6.61 Å². The summed E-state index contributed by atoms with van der Waals surface area (Å²) in [5.74, 6) is -0.979. The van der Waals surface area contributed by atoms with E-state index in [2.05, 4.69) is 19.2 Å². The van der Waals surface area contributed by atoms with E-state index in [1.54, 1.807) is 18.2 Å². The smallest absolute Gasteiger partial charge is 0.348 e. The van der Waals surface area contributed by atoms with Crippen LogP contribution in [-0.2, 0) is 27.2 Å². The third-order valence-electron chi connectivity index (χ3n) is 4.91. The van der Waals surface area contributed by atoms with Crippen LogP contribution < -0.4 is 10.2 Å². The van der Waals surface area contributed by atoms with E-state index in [0.717, 1.165) is 24.8 Å². The second-order valence-corrected chi connectivity index (χ2v) is 8.26. The van der Waals surface area contributed by atoms with Gasteiger partial charge < -0.3 is 15.0 Å². The Morgan fingerprint density at radius 2 is 2.03 bits per heavy atom. The molecule has 1 aromatic heterocycles. The Bertz CT molecular complexity index is 921. The van der Waals surface area contributed by atoms with Crippen molar-refractivity contribution in [2.75, 3.05) is 16.8 Å². The molecule has 154 valence electrons. The van der Waals surface area contributed by atoms with Gasteiger partial charge in [-0.1, -0.05) is 32.4 Å². The van der Waals surface area contributed by atoms with Gasteiger partial charge in [-0.2, -0.15) is 0 Å². The van der Waals surface area contributed by atoms with E-state index in [9.17, 15) is 14.4 Å². The van der Waals surface area contributed by atoms with E-state index < -0.39 is 5.97 Å². The topological polar surface area (TPSA) is 75.7 Å². The van der Waals surface area contributed by atoms with Crippen molar-refractivity contribution in [2.45, 2.75) is 52.5 Å². The van der Waals surface area contributed by atoms with Gasteiger partial charge in [-0.15, -0.1) is 11.3 Å². The number of rotatable bonds is 6. The zero-order chi connectivity index (χ0) is 21.0. The average Bonchev–Trinajstić information content (AvgIpc) is 3.05. The number of benzene rings is 1. The summed E-state index contributed by atoms with van der Waals surface area (Å²) in [6.07, 6.45) is 2.99. The van der Waals surface area contributed by atoms with Crippen LogP contribution in [0.3, 0.4) is 0 Å². The van der Waals surface area contributed by atoms with Crippen LogP contribution in [0.5, 0.6) is 0 Å². The third kappa shape index (κ3) is 4.67. The molecule has 0 saturated heterocycles. The maximum atomic E-state index is 12.9. The first-order valence-electron chi connectivity index (χ1n) is 9.94. The van der Waals surface area contributed by atoms with Crippen LogP contribution in [0.4, 0.5) is 11.4 Å². The van der Waals surface area contributed by atoms with E-state index in [0.29, 0.717) is 16.3 Å². The monoisotopic (exact) mass is 414 g/mol. The van der Waals surface area contributed by atoms with Crippen LogP contribution in [0.1, 0.15) is 53.7 Å². The summed E-state index contributed by atoms with van der Waals surface area (Å²) in [7, 11) is 0. The number of thiophene rings is 1. The minimum atomic E-state index is -0.481. The van der Waals surface area contributed by atoms with Crippen LogP contribution >= 0.6 is 11.3 Å². The average molecular weight is 415 g/mol. The Kier molecular flexibility index (Phi) is 6.69. The summed E-state index contributed by atoms with van der Waals surface area (Å²) < 4.78 is 5.34. The molecular weight excluding hydrogens is 388 g/mol. The molecule has 2 amide bonds. The number of fused-ring (bicyclic) bond motifs is 1. The fourth-order valence-electron chi connectivity index (χ4n) is 3.54. The zero-order valence-electron chi connectivity index (χ0n) is 17.0.